The Morgan fingerprint density at radius 2 is 1.73 bits per heavy atom. The minimum Gasteiger partial charge on any atom is -0.358 e. The SMILES string of the molecule is CN(C)S(=O)(=O)c1ccc2c(c1)N(CC(=O)N1CCCCC1)C(=O)[C@@H]1CCCCN21. The fourth-order valence-electron chi connectivity index (χ4n) is 4.65. The molecule has 0 spiro atoms. The average molecular weight is 435 g/mol. The van der Waals surface area contributed by atoms with Crippen molar-refractivity contribution in [3.63, 3.8) is 0 Å². The van der Waals surface area contributed by atoms with Crippen LogP contribution in [0.15, 0.2) is 23.1 Å². The van der Waals surface area contributed by atoms with Crippen LogP contribution in [0.1, 0.15) is 38.5 Å². The molecule has 3 aliphatic rings. The largest absolute Gasteiger partial charge is 0.358 e. The van der Waals surface area contributed by atoms with Crippen molar-refractivity contribution in [1.82, 2.24) is 9.21 Å². The van der Waals surface area contributed by atoms with Crippen molar-refractivity contribution in [3.8, 4) is 0 Å². The highest BCUT2D eigenvalue weighted by Gasteiger charge is 2.41. The van der Waals surface area contributed by atoms with Crippen molar-refractivity contribution in [2.75, 3.05) is 50.1 Å². The Kier molecular flexibility index (Phi) is 5.76. The van der Waals surface area contributed by atoms with Gasteiger partial charge in [0.25, 0.3) is 0 Å². The molecular weight excluding hydrogens is 404 g/mol. The number of piperidine rings is 2. The predicted molar refractivity (Wildman–Crippen MR) is 115 cm³/mol. The summed E-state index contributed by atoms with van der Waals surface area (Å²) in [6.45, 7) is 2.16. The second-order valence-electron chi connectivity index (χ2n) is 8.51. The van der Waals surface area contributed by atoms with Crippen LogP contribution in [0.5, 0.6) is 0 Å². The zero-order chi connectivity index (χ0) is 21.5. The Morgan fingerprint density at radius 3 is 2.43 bits per heavy atom. The number of anilines is 2. The number of rotatable bonds is 4. The van der Waals surface area contributed by atoms with Crippen LogP contribution in [-0.2, 0) is 19.6 Å². The summed E-state index contributed by atoms with van der Waals surface area (Å²) < 4.78 is 26.5. The Balaban J connectivity index is 1.73. The fourth-order valence-corrected chi connectivity index (χ4v) is 5.57. The average Bonchev–Trinajstić information content (AvgIpc) is 2.76. The molecule has 1 atom stereocenters. The number of likely N-dealkylation sites (tertiary alicyclic amines) is 1. The van der Waals surface area contributed by atoms with E-state index >= 15 is 0 Å². The molecule has 0 aliphatic carbocycles. The van der Waals surface area contributed by atoms with Gasteiger partial charge in [0.2, 0.25) is 21.8 Å². The first kappa shape index (κ1) is 21.1. The molecule has 0 unspecified atom stereocenters. The Bertz CT molecular complexity index is 940. The molecule has 1 aromatic rings. The Labute approximate surface area is 178 Å². The summed E-state index contributed by atoms with van der Waals surface area (Å²) in [5, 5.41) is 0. The van der Waals surface area contributed by atoms with Gasteiger partial charge in [0.1, 0.15) is 12.6 Å². The van der Waals surface area contributed by atoms with E-state index in [1.54, 1.807) is 18.2 Å². The summed E-state index contributed by atoms with van der Waals surface area (Å²) in [6, 6.07) is 4.66. The first-order chi connectivity index (χ1) is 14.3. The van der Waals surface area contributed by atoms with Crippen LogP contribution < -0.4 is 9.80 Å². The molecule has 1 aromatic carbocycles. The molecule has 2 amide bonds. The number of hydrogen-bond acceptors (Lipinski definition) is 5. The second kappa shape index (κ2) is 8.19. The van der Waals surface area contributed by atoms with Crippen molar-refractivity contribution in [3.05, 3.63) is 18.2 Å². The van der Waals surface area contributed by atoms with Gasteiger partial charge in [-0.1, -0.05) is 0 Å². The van der Waals surface area contributed by atoms with Crippen molar-refractivity contribution < 1.29 is 18.0 Å². The summed E-state index contributed by atoms with van der Waals surface area (Å²) in [4.78, 5) is 31.9. The van der Waals surface area contributed by atoms with E-state index < -0.39 is 10.0 Å². The molecule has 4 rings (SSSR count). The van der Waals surface area contributed by atoms with E-state index in [4.69, 9.17) is 0 Å². The van der Waals surface area contributed by atoms with Crippen LogP contribution in [0.3, 0.4) is 0 Å². The van der Waals surface area contributed by atoms with Crippen molar-refractivity contribution >= 4 is 33.2 Å². The molecule has 3 heterocycles. The molecule has 0 aromatic heterocycles. The summed E-state index contributed by atoms with van der Waals surface area (Å²) in [5.74, 6) is -0.175. The molecular formula is C21H30N4O4S. The van der Waals surface area contributed by atoms with E-state index in [1.807, 2.05) is 4.90 Å². The van der Waals surface area contributed by atoms with Gasteiger partial charge in [-0.15, -0.1) is 0 Å². The van der Waals surface area contributed by atoms with Crippen LogP contribution in [0.2, 0.25) is 0 Å². The van der Waals surface area contributed by atoms with E-state index in [0.717, 1.165) is 68.2 Å². The number of sulfonamides is 1. The molecule has 0 N–H and O–H groups in total. The van der Waals surface area contributed by atoms with Crippen LogP contribution in [0.4, 0.5) is 11.4 Å². The highest BCUT2D eigenvalue weighted by Crippen LogP contribution is 2.41. The standard InChI is InChI=1S/C21H30N4O4S/c1-22(2)30(28,29)16-9-10-17-19(14-16)25(15-20(26)23-11-5-3-6-12-23)21(27)18-8-4-7-13-24(17)18/h9-10,14,18H,3-8,11-13,15H2,1-2H3/t18-/m0/s1. The first-order valence-electron chi connectivity index (χ1n) is 10.7. The van der Waals surface area contributed by atoms with Gasteiger partial charge in [-0.2, -0.15) is 0 Å². The number of carbonyl (C=O) groups excluding carboxylic acids is 2. The van der Waals surface area contributed by atoms with Gasteiger partial charge in [-0.3, -0.25) is 14.5 Å². The highest BCUT2D eigenvalue weighted by atomic mass is 32.2. The predicted octanol–water partition coefficient (Wildman–Crippen LogP) is 1.65. The molecule has 0 radical (unpaired) electrons. The fraction of sp³-hybridized carbons (Fsp3) is 0.619. The van der Waals surface area contributed by atoms with Gasteiger partial charge in [-0.25, -0.2) is 12.7 Å². The minimum atomic E-state index is -3.65. The smallest absolute Gasteiger partial charge is 0.250 e. The molecule has 3 aliphatic heterocycles. The number of benzene rings is 1. The summed E-state index contributed by atoms with van der Waals surface area (Å²) in [6.07, 6.45) is 5.81. The number of amides is 2. The van der Waals surface area contributed by atoms with Crippen LogP contribution in [0, 0.1) is 0 Å². The van der Waals surface area contributed by atoms with Crippen LogP contribution in [0.25, 0.3) is 0 Å². The van der Waals surface area contributed by atoms with Gasteiger partial charge in [-0.05, 0) is 56.7 Å². The van der Waals surface area contributed by atoms with E-state index in [1.165, 1.54) is 19.0 Å². The minimum absolute atomic E-state index is 0.0400. The van der Waals surface area contributed by atoms with E-state index in [9.17, 15) is 18.0 Å². The Morgan fingerprint density at radius 1 is 1.03 bits per heavy atom. The van der Waals surface area contributed by atoms with Gasteiger partial charge in [0.15, 0.2) is 0 Å². The molecule has 0 bridgehead atoms. The third-order valence-corrected chi connectivity index (χ3v) is 8.19. The zero-order valence-electron chi connectivity index (χ0n) is 17.7. The van der Waals surface area contributed by atoms with Gasteiger partial charge in [0, 0.05) is 33.7 Å². The summed E-state index contributed by atoms with van der Waals surface area (Å²) >= 11 is 0. The lowest BCUT2D eigenvalue weighted by Gasteiger charge is -2.45. The van der Waals surface area contributed by atoms with Crippen LogP contribution in [-0.4, -0.2) is 75.8 Å². The lowest BCUT2D eigenvalue weighted by atomic mass is 9.96. The maximum atomic E-state index is 13.4. The number of fused-ring (bicyclic) bond motifs is 3. The zero-order valence-corrected chi connectivity index (χ0v) is 18.5. The monoisotopic (exact) mass is 434 g/mol. The molecule has 0 saturated carbocycles. The van der Waals surface area contributed by atoms with Crippen molar-refractivity contribution in [2.24, 2.45) is 0 Å². The lowest BCUT2D eigenvalue weighted by Crippen LogP contribution is -2.57. The van der Waals surface area contributed by atoms with Crippen molar-refractivity contribution in [2.45, 2.75) is 49.5 Å². The van der Waals surface area contributed by atoms with E-state index in [0.29, 0.717) is 5.69 Å². The van der Waals surface area contributed by atoms with E-state index in [-0.39, 0.29) is 29.3 Å². The topological polar surface area (TPSA) is 81.2 Å². The van der Waals surface area contributed by atoms with Gasteiger partial charge >= 0.3 is 0 Å². The van der Waals surface area contributed by atoms with Gasteiger partial charge in [0.05, 0.1) is 16.3 Å². The maximum Gasteiger partial charge on any atom is 0.250 e. The maximum absolute atomic E-state index is 13.4. The van der Waals surface area contributed by atoms with Crippen molar-refractivity contribution in [1.29, 1.82) is 0 Å². The third-order valence-electron chi connectivity index (χ3n) is 6.38. The third kappa shape index (κ3) is 3.69. The quantitative estimate of drug-likeness (QED) is 0.720. The molecule has 164 valence electrons. The molecule has 2 saturated heterocycles. The molecule has 30 heavy (non-hydrogen) atoms. The summed E-state index contributed by atoms with van der Waals surface area (Å²) in [5.41, 5.74) is 1.36. The second-order valence-corrected chi connectivity index (χ2v) is 10.7. The van der Waals surface area contributed by atoms with E-state index in [2.05, 4.69) is 4.90 Å². The number of nitrogens with zero attached hydrogens (tertiary/aromatic N) is 4. The normalized spacial score (nSPS) is 22.2. The summed E-state index contributed by atoms with van der Waals surface area (Å²) in [7, 11) is -0.679. The molecule has 9 heteroatoms. The number of hydrogen-bond donors (Lipinski definition) is 0. The first-order valence-corrected chi connectivity index (χ1v) is 12.2. The van der Waals surface area contributed by atoms with Crippen LogP contribution >= 0.6 is 0 Å². The highest BCUT2D eigenvalue weighted by molar-refractivity contribution is 7.89. The number of carbonyl (C=O) groups is 2. The van der Waals surface area contributed by atoms with Gasteiger partial charge < -0.3 is 9.80 Å². The molecule has 8 nitrogen and oxygen atoms in total. The molecule has 2 fully saturated rings. The lowest BCUT2D eigenvalue weighted by molar-refractivity contribution is -0.132. The Hall–Kier alpha value is -2.13.